The van der Waals surface area contributed by atoms with E-state index in [2.05, 4.69) is 4.98 Å². The topological polar surface area (TPSA) is 98.4 Å². The molecule has 4 aromatic rings. The summed E-state index contributed by atoms with van der Waals surface area (Å²) in [5, 5.41) is 0.182. The number of nitrogens with two attached hydrogens (primary N) is 1. The number of hydrogen-bond acceptors (Lipinski definition) is 5. The Morgan fingerprint density at radius 3 is 2.52 bits per heavy atom. The maximum absolute atomic E-state index is 13.1. The second kappa shape index (κ2) is 5.88. The number of sulfone groups is 1. The highest BCUT2D eigenvalue weighted by Gasteiger charge is 2.28. The third kappa shape index (κ3) is 2.57. The summed E-state index contributed by atoms with van der Waals surface area (Å²) in [5.74, 6) is 0.0234. The van der Waals surface area contributed by atoms with Crippen LogP contribution in [0.4, 0.5) is 5.82 Å². The number of aryl methyl sites for hydroxylation is 2. The summed E-state index contributed by atoms with van der Waals surface area (Å²) in [7, 11) is -2.30. The van der Waals surface area contributed by atoms with Gasteiger partial charge in [0, 0.05) is 6.20 Å². The molecule has 3 heterocycles. The van der Waals surface area contributed by atoms with E-state index in [9.17, 15) is 13.2 Å². The molecule has 0 saturated heterocycles. The van der Waals surface area contributed by atoms with Crippen LogP contribution in [0.5, 0.6) is 0 Å². The van der Waals surface area contributed by atoms with Gasteiger partial charge in [0.15, 0.2) is 0 Å². The zero-order valence-electron chi connectivity index (χ0n) is 14.7. The molecule has 1 aromatic carbocycles. The lowest BCUT2D eigenvalue weighted by Crippen LogP contribution is -2.37. The Bertz CT molecular complexity index is 1370. The number of rotatable bonds is 2. The maximum atomic E-state index is 13.1. The second-order valence-electron chi connectivity index (χ2n) is 6.35. The SMILES string of the molecule is Cc1ccc(S(=O)(=O)c2cc3c(=O)n4ccccc4nc3[n+](C)c2N)cc1. The minimum atomic E-state index is -3.89. The lowest BCUT2D eigenvalue weighted by molar-refractivity contribution is -0.633. The molecule has 4 rings (SSSR count). The van der Waals surface area contributed by atoms with E-state index in [1.54, 1.807) is 43.6 Å². The van der Waals surface area contributed by atoms with Crippen molar-refractivity contribution in [2.24, 2.45) is 7.05 Å². The van der Waals surface area contributed by atoms with Gasteiger partial charge in [-0.25, -0.2) is 13.0 Å². The van der Waals surface area contributed by atoms with Gasteiger partial charge < -0.3 is 5.73 Å². The van der Waals surface area contributed by atoms with Gasteiger partial charge in [0.2, 0.25) is 21.3 Å². The van der Waals surface area contributed by atoms with Crippen LogP contribution in [0.2, 0.25) is 0 Å². The molecule has 8 heteroatoms. The Balaban J connectivity index is 2.09. The standard InChI is InChI=1S/C19H16N4O3S/c1-12-6-8-13(9-7-12)27(25,26)15-11-14-18(22(2)17(15)20)21-16-5-3-4-10-23(16)19(14)24/h3-11,20H,1-2H3/p+1. The molecule has 0 fully saturated rings. The van der Waals surface area contributed by atoms with Crippen LogP contribution in [0.15, 0.2) is 69.3 Å². The fourth-order valence-corrected chi connectivity index (χ4v) is 4.45. The van der Waals surface area contributed by atoms with Crippen molar-refractivity contribution in [2.45, 2.75) is 16.7 Å². The molecule has 27 heavy (non-hydrogen) atoms. The van der Waals surface area contributed by atoms with Crippen LogP contribution < -0.4 is 15.9 Å². The Labute approximate surface area is 155 Å². The molecule has 0 bridgehead atoms. The summed E-state index contributed by atoms with van der Waals surface area (Å²) >= 11 is 0. The van der Waals surface area contributed by atoms with E-state index < -0.39 is 9.84 Å². The van der Waals surface area contributed by atoms with Crippen LogP contribution in [0.1, 0.15) is 5.56 Å². The van der Waals surface area contributed by atoms with Crippen LogP contribution in [-0.2, 0) is 16.9 Å². The van der Waals surface area contributed by atoms with Crippen LogP contribution >= 0.6 is 0 Å². The largest absolute Gasteiger partial charge is 0.317 e. The smallest absolute Gasteiger partial charge is 0.278 e. The summed E-state index contributed by atoms with van der Waals surface area (Å²) in [6, 6.07) is 13.0. The minimum absolute atomic E-state index is 0.0234. The van der Waals surface area contributed by atoms with Gasteiger partial charge in [0.1, 0.15) is 10.3 Å². The lowest BCUT2D eigenvalue weighted by atomic mass is 10.2. The molecule has 0 amide bonds. The Kier molecular flexibility index (Phi) is 3.74. The van der Waals surface area contributed by atoms with E-state index in [1.807, 2.05) is 6.92 Å². The first-order valence-corrected chi connectivity index (χ1v) is 9.70. The number of nitrogen functional groups attached to an aromatic ring is 1. The lowest BCUT2D eigenvalue weighted by Gasteiger charge is -2.10. The van der Waals surface area contributed by atoms with Gasteiger partial charge in [-0.05, 0) is 37.3 Å². The molecule has 7 nitrogen and oxygen atoms in total. The third-order valence-electron chi connectivity index (χ3n) is 4.58. The quantitative estimate of drug-likeness (QED) is 0.418. The Morgan fingerprint density at radius 1 is 1.11 bits per heavy atom. The zero-order valence-corrected chi connectivity index (χ0v) is 15.6. The number of anilines is 1. The number of pyridine rings is 2. The van der Waals surface area contributed by atoms with E-state index >= 15 is 0 Å². The number of nitrogens with zero attached hydrogens (tertiary/aromatic N) is 3. The first-order chi connectivity index (χ1) is 12.8. The van der Waals surface area contributed by atoms with E-state index in [-0.39, 0.29) is 26.6 Å². The van der Waals surface area contributed by atoms with Crippen LogP contribution in [-0.4, -0.2) is 17.8 Å². The molecule has 0 aliphatic heterocycles. The van der Waals surface area contributed by atoms with E-state index in [4.69, 9.17) is 5.73 Å². The number of hydrogen-bond donors (Lipinski definition) is 1. The molecular formula is C19H17N4O3S+. The van der Waals surface area contributed by atoms with E-state index in [0.29, 0.717) is 11.3 Å². The Morgan fingerprint density at radius 2 is 1.81 bits per heavy atom. The molecule has 2 N–H and O–H groups in total. The summed E-state index contributed by atoms with van der Waals surface area (Å²) in [6.45, 7) is 1.87. The third-order valence-corrected chi connectivity index (χ3v) is 6.38. The van der Waals surface area contributed by atoms with Crippen molar-refractivity contribution in [1.82, 2.24) is 9.38 Å². The van der Waals surface area contributed by atoms with E-state index in [1.165, 1.54) is 27.2 Å². The summed E-state index contributed by atoms with van der Waals surface area (Å²) in [4.78, 5) is 17.3. The summed E-state index contributed by atoms with van der Waals surface area (Å²) in [5.41, 5.74) is 7.50. The average Bonchev–Trinajstić information content (AvgIpc) is 2.65. The molecule has 3 aromatic heterocycles. The molecule has 0 saturated carbocycles. The molecular weight excluding hydrogens is 364 g/mol. The number of aromatic nitrogens is 3. The first kappa shape index (κ1) is 17.2. The van der Waals surface area contributed by atoms with Gasteiger partial charge >= 0.3 is 0 Å². The average molecular weight is 381 g/mol. The zero-order chi connectivity index (χ0) is 19.3. The van der Waals surface area contributed by atoms with Crippen LogP contribution in [0.3, 0.4) is 0 Å². The van der Waals surface area contributed by atoms with Gasteiger partial charge in [-0.3, -0.25) is 9.20 Å². The fourth-order valence-electron chi connectivity index (χ4n) is 3.02. The first-order valence-electron chi connectivity index (χ1n) is 8.22. The summed E-state index contributed by atoms with van der Waals surface area (Å²) in [6.07, 6.45) is 1.59. The van der Waals surface area contributed by atoms with Crippen molar-refractivity contribution < 1.29 is 13.0 Å². The highest BCUT2D eigenvalue weighted by molar-refractivity contribution is 7.91. The molecule has 0 atom stereocenters. The predicted octanol–water partition coefficient (Wildman–Crippen LogP) is 1.40. The predicted molar refractivity (Wildman–Crippen MR) is 101 cm³/mol. The molecule has 0 spiro atoms. The van der Waals surface area contributed by atoms with Crippen molar-refractivity contribution in [1.29, 1.82) is 0 Å². The minimum Gasteiger partial charge on any atom is -0.317 e. The Hall–Kier alpha value is -3.26. The number of benzene rings is 1. The monoisotopic (exact) mass is 381 g/mol. The van der Waals surface area contributed by atoms with E-state index in [0.717, 1.165) is 5.56 Å². The highest BCUT2D eigenvalue weighted by atomic mass is 32.2. The van der Waals surface area contributed by atoms with Gasteiger partial charge in [-0.15, -0.1) is 0 Å². The molecule has 0 unspecified atom stereocenters. The molecule has 0 aliphatic carbocycles. The van der Waals surface area contributed by atoms with Crippen molar-refractivity contribution in [3.05, 3.63) is 70.6 Å². The summed E-state index contributed by atoms with van der Waals surface area (Å²) < 4.78 is 29.0. The fraction of sp³-hybridized carbons (Fsp3) is 0.105. The van der Waals surface area contributed by atoms with Crippen molar-refractivity contribution in [3.8, 4) is 0 Å². The molecule has 136 valence electrons. The highest BCUT2D eigenvalue weighted by Crippen LogP contribution is 2.26. The van der Waals surface area contributed by atoms with Crippen molar-refractivity contribution in [2.75, 3.05) is 5.73 Å². The normalized spacial score (nSPS) is 11.9. The van der Waals surface area contributed by atoms with Gasteiger partial charge in [0.05, 0.1) is 11.9 Å². The van der Waals surface area contributed by atoms with Crippen LogP contribution in [0, 0.1) is 6.92 Å². The van der Waals surface area contributed by atoms with Gasteiger partial charge in [-0.1, -0.05) is 28.7 Å². The van der Waals surface area contributed by atoms with Crippen LogP contribution in [0.25, 0.3) is 16.7 Å². The second-order valence-corrected chi connectivity index (χ2v) is 8.27. The molecule has 0 radical (unpaired) electrons. The number of fused-ring (bicyclic) bond motifs is 2. The van der Waals surface area contributed by atoms with Gasteiger partial charge in [0.25, 0.3) is 11.2 Å². The van der Waals surface area contributed by atoms with Crippen molar-refractivity contribution in [3.63, 3.8) is 0 Å². The van der Waals surface area contributed by atoms with Crippen molar-refractivity contribution >= 4 is 32.3 Å². The molecule has 0 aliphatic rings. The van der Waals surface area contributed by atoms with Gasteiger partial charge in [-0.2, -0.15) is 0 Å². The maximum Gasteiger partial charge on any atom is 0.278 e.